The van der Waals surface area contributed by atoms with Gasteiger partial charge in [0.25, 0.3) is 5.91 Å². The smallest absolute Gasteiger partial charge is 0.271 e. The van der Waals surface area contributed by atoms with Crippen LogP contribution >= 0.6 is 23.2 Å². The van der Waals surface area contributed by atoms with Gasteiger partial charge in [-0.15, -0.1) is 0 Å². The van der Waals surface area contributed by atoms with E-state index < -0.39 is 11.8 Å². The van der Waals surface area contributed by atoms with Crippen molar-refractivity contribution in [3.8, 4) is 0 Å². The van der Waals surface area contributed by atoms with Crippen molar-refractivity contribution in [2.24, 2.45) is 0 Å². The fourth-order valence-corrected chi connectivity index (χ4v) is 2.70. The summed E-state index contributed by atoms with van der Waals surface area (Å²) < 4.78 is 0. The molecule has 0 bridgehead atoms. The van der Waals surface area contributed by atoms with E-state index in [2.05, 4.69) is 10.9 Å². The zero-order valence-electron chi connectivity index (χ0n) is 14.4. The molecular formula is C19H18Cl2N2O3. The summed E-state index contributed by atoms with van der Waals surface area (Å²) >= 11 is 11.8. The first-order valence-electron chi connectivity index (χ1n) is 7.92. The molecular weight excluding hydrogens is 375 g/mol. The molecule has 0 unspecified atom stereocenters. The molecule has 2 amide bonds. The van der Waals surface area contributed by atoms with Crippen LogP contribution in [0, 0.1) is 13.8 Å². The van der Waals surface area contributed by atoms with Crippen LogP contribution in [-0.4, -0.2) is 17.6 Å². The van der Waals surface area contributed by atoms with Crippen LogP contribution < -0.4 is 10.9 Å². The van der Waals surface area contributed by atoms with E-state index >= 15 is 0 Å². The van der Waals surface area contributed by atoms with E-state index in [1.54, 1.807) is 12.1 Å². The summed E-state index contributed by atoms with van der Waals surface area (Å²) in [4.78, 5) is 36.2. The molecule has 2 N–H and O–H groups in total. The monoisotopic (exact) mass is 392 g/mol. The summed E-state index contributed by atoms with van der Waals surface area (Å²) in [5.41, 5.74) is 7.12. The topological polar surface area (TPSA) is 75.3 Å². The molecule has 0 fully saturated rings. The molecule has 0 aliphatic heterocycles. The molecule has 0 atom stereocenters. The van der Waals surface area contributed by atoms with Gasteiger partial charge in [-0.3, -0.25) is 25.2 Å². The number of halogens is 2. The van der Waals surface area contributed by atoms with E-state index in [1.807, 2.05) is 26.0 Å². The van der Waals surface area contributed by atoms with Gasteiger partial charge in [-0.2, -0.15) is 0 Å². The quantitative estimate of drug-likeness (QED) is 0.595. The van der Waals surface area contributed by atoms with Gasteiger partial charge in [-0.1, -0.05) is 40.9 Å². The standard InChI is InChI=1S/C19H18Cl2N2O3/c1-11-3-4-12(2)14(9-11)17(24)7-8-18(25)22-23-19(26)15-10-13(20)5-6-16(15)21/h3-6,9-10H,7-8H2,1-2H3,(H,22,25)(H,23,26). The Morgan fingerprint density at radius 2 is 1.62 bits per heavy atom. The van der Waals surface area contributed by atoms with Crippen LogP contribution in [0.1, 0.15) is 44.7 Å². The Hall–Kier alpha value is -2.37. The van der Waals surface area contributed by atoms with Crippen molar-refractivity contribution in [3.63, 3.8) is 0 Å². The Balaban J connectivity index is 1.87. The minimum absolute atomic E-state index is 0.0456. The summed E-state index contributed by atoms with van der Waals surface area (Å²) in [6, 6.07) is 10.0. The molecule has 0 radical (unpaired) electrons. The van der Waals surface area contributed by atoms with Crippen LogP contribution in [-0.2, 0) is 4.79 Å². The third-order valence-electron chi connectivity index (χ3n) is 3.76. The van der Waals surface area contributed by atoms with Gasteiger partial charge in [0.1, 0.15) is 0 Å². The molecule has 26 heavy (non-hydrogen) atoms. The molecule has 0 heterocycles. The average molecular weight is 393 g/mol. The Morgan fingerprint density at radius 1 is 0.885 bits per heavy atom. The van der Waals surface area contributed by atoms with Gasteiger partial charge in [0.05, 0.1) is 10.6 Å². The van der Waals surface area contributed by atoms with Crippen molar-refractivity contribution in [2.45, 2.75) is 26.7 Å². The third kappa shape index (κ3) is 5.31. The number of benzene rings is 2. The van der Waals surface area contributed by atoms with Gasteiger partial charge in [0.15, 0.2) is 5.78 Å². The lowest BCUT2D eigenvalue weighted by atomic mass is 9.99. The molecule has 2 aromatic rings. The lowest BCUT2D eigenvalue weighted by molar-refractivity contribution is -0.121. The zero-order valence-corrected chi connectivity index (χ0v) is 15.9. The Kier molecular flexibility index (Phi) is 6.77. The summed E-state index contributed by atoms with van der Waals surface area (Å²) in [6.07, 6.45) is -0.000306. The normalized spacial score (nSPS) is 10.3. The van der Waals surface area contributed by atoms with E-state index in [0.717, 1.165) is 11.1 Å². The average Bonchev–Trinajstić information content (AvgIpc) is 2.61. The number of carbonyl (C=O) groups is 3. The number of hydrazine groups is 1. The number of ketones is 1. The SMILES string of the molecule is Cc1ccc(C)c(C(=O)CCC(=O)NNC(=O)c2cc(Cl)ccc2Cl)c1. The summed E-state index contributed by atoms with van der Waals surface area (Å²) in [5, 5.41) is 0.566. The first kappa shape index (κ1) is 19.9. The molecule has 0 aromatic heterocycles. The maximum Gasteiger partial charge on any atom is 0.271 e. The number of aryl methyl sites for hydroxylation is 2. The van der Waals surface area contributed by atoms with Crippen LogP contribution in [0.15, 0.2) is 36.4 Å². The fourth-order valence-electron chi connectivity index (χ4n) is 2.33. The molecule has 0 saturated heterocycles. The predicted octanol–water partition coefficient (Wildman–Crippen LogP) is 4.03. The summed E-state index contributed by atoms with van der Waals surface area (Å²) in [5.74, 6) is -1.19. The number of amides is 2. The van der Waals surface area contributed by atoms with Crippen molar-refractivity contribution in [2.75, 3.05) is 0 Å². The molecule has 0 spiro atoms. The molecule has 0 aliphatic rings. The highest BCUT2D eigenvalue weighted by atomic mass is 35.5. The van der Waals surface area contributed by atoms with E-state index in [-0.39, 0.29) is 29.2 Å². The fraction of sp³-hybridized carbons (Fsp3) is 0.211. The highest BCUT2D eigenvalue weighted by Gasteiger charge is 2.14. The van der Waals surface area contributed by atoms with E-state index in [0.29, 0.717) is 10.6 Å². The van der Waals surface area contributed by atoms with Gasteiger partial charge in [0, 0.05) is 23.4 Å². The van der Waals surface area contributed by atoms with Crippen molar-refractivity contribution < 1.29 is 14.4 Å². The maximum absolute atomic E-state index is 12.3. The first-order valence-corrected chi connectivity index (χ1v) is 8.68. The molecule has 5 nitrogen and oxygen atoms in total. The second-order valence-electron chi connectivity index (χ2n) is 5.87. The maximum atomic E-state index is 12.3. The van der Waals surface area contributed by atoms with Crippen LogP contribution in [0.25, 0.3) is 0 Å². The molecule has 0 saturated carbocycles. The molecule has 0 aliphatic carbocycles. The van der Waals surface area contributed by atoms with Crippen LogP contribution in [0.5, 0.6) is 0 Å². The first-order chi connectivity index (χ1) is 12.3. The van der Waals surface area contributed by atoms with E-state index in [9.17, 15) is 14.4 Å². The number of hydrogen-bond donors (Lipinski definition) is 2. The molecule has 136 valence electrons. The van der Waals surface area contributed by atoms with Gasteiger partial charge in [-0.05, 0) is 43.7 Å². The Bertz CT molecular complexity index is 796. The zero-order chi connectivity index (χ0) is 19.3. The van der Waals surface area contributed by atoms with Gasteiger partial charge >= 0.3 is 0 Å². The molecule has 7 heteroatoms. The van der Waals surface area contributed by atoms with Gasteiger partial charge in [0.2, 0.25) is 5.91 Å². The Labute approximate surface area is 161 Å². The molecule has 2 aromatic carbocycles. The minimum atomic E-state index is -0.591. The lowest BCUT2D eigenvalue weighted by Gasteiger charge is -2.09. The van der Waals surface area contributed by atoms with E-state index in [1.165, 1.54) is 12.1 Å². The number of rotatable bonds is 5. The van der Waals surface area contributed by atoms with Crippen LogP contribution in [0.4, 0.5) is 0 Å². The van der Waals surface area contributed by atoms with Gasteiger partial charge < -0.3 is 0 Å². The van der Waals surface area contributed by atoms with Crippen molar-refractivity contribution in [3.05, 3.63) is 68.7 Å². The second-order valence-corrected chi connectivity index (χ2v) is 6.71. The molecule has 2 rings (SSSR count). The van der Waals surface area contributed by atoms with Gasteiger partial charge in [-0.25, -0.2) is 0 Å². The number of Topliss-reactive ketones (excluding diaryl/α,β-unsaturated/α-hetero) is 1. The minimum Gasteiger partial charge on any atom is -0.294 e. The summed E-state index contributed by atoms with van der Waals surface area (Å²) in [6.45, 7) is 3.75. The highest BCUT2D eigenvalue weighted by Crippen LogP contribution is 2.20. The lowest BCUT2D eigenvalue weighted by Crippen LogP contribution is -2.41. The van der Waals surface area contributed by atoms with E-state index in [4.69, 9.17) is 23.2 Å². The summed E-state index contributed by atoms with van der Waals surface area (Å²) in [7, 11) is 0. The van der Waals surface area contributed by atoms with Crippen LogP contribution in [0.2, 0.25) is 10.0 Å². The third-order valence-corrected chi connectivity index (χ3v) is 4.33. The Morgan fingerprint density at radius 3 is 2.35 bits per heavy atom. The number of nitrogens with one attached hydrogen (secondary N) is 2. The van der Waals surface area contributed by atoms with Crippen LogP contribution in [0.3, 0.4) is 0 Å². The highest BCUT2D eigenvalue weighted by molar-refractivity contribution is 6.35. The van der Waals surface area contributed by atoms with Crippen molar-refractivity contribution >= 4 is 40.8 Å². The largest absolute Gasteiger partial charge is 0.294 e. The number of carbonyl (C=O) groups excluding carboxylic acids is 3. The second kappa shape index (κ2) is 8.83. The van der Waals surface area contributed by atoms with Crippen molar-refractivity contribution in [1.82, 2.24) is 10.9 Å². The van der Waals surface area contributed by atoms with Crippen molar-refractivity contribution in [1.29, 1.82) is 0 Å². The predicted molar refractivity (Wildman–Crippen MR) is 102 cm³/mol. The number of hydrogen-bond acceptors (Lipinski definition) is 3.